The van der Waals surface area contributed by atoms with Crippen LogP contribution >= 0.6 is 0 Å². The Hall–Kier alpha value is -3.67. The topological polar surface area (TPSA) is 149 Å². The van der Waals surface area contributed by atoms with Crippen LogP contribution in [0.25, 0.3) is 0 Å². The molecule has 6 N–H and O–H groups in total. The van der Waals surface area contributed by atoms with Gasteiger partial charge in [0.1, 0.15) is 24.4 Å². The highest BCUT2D eigenvalue weighted by Gasteiger charge is 2.44. The first kappa shape index (κ1) is 80.3. The number of ether oxygens (including phenoxy) is 2. The molecule has 0 saturated carbocycles. The molecule has 1 fully saturated rings. The number of hydrogen-bond donors (Lipinski definition) is 6. The van der Waals surface area contributed by atoms with E-state index >= 15 is 0 Å². The second-order valence-electron chi connectivity index (χ2n) is 23.9. The minimum absolute atomic E-state index is 0.190. The Morgan fingerprint density at radius 3 is 1.12 bits per heavy atom. The molecule has 9 nitrogen and oxygen atoms in total. The Kier molecular flexibility index (Phi) is 60.1. The standard InChI is InChI=1S/C77H131NO8/c1-3-5-7-9-11-13-15-17-19-21-23-25-27-28-29-30-31-32-33-34-35-36-37-38-39-40-41-42-43-44-45-47-49-51-53-55-57-59-61-63-65-67-73(81)78-70(69-85-77-76(84)75(83)74(82)72(68-79)86-77)71(80)66-64-62-60-58-56-54-52-50-48-46-26-24-22-20-18-16-14-12-10-8-6-4-2/h5,7,11,13,17,19,23,25,28-29,31-32,34-35,37-38,40-41,56,58,64,66,70-72,74-77,79-80,82-84H,3-4,6,8-10,12,14-16,18,20-22,24,26-27,30,33,36,39,42-55,57,59-63,65,67-69H2,1-2H3,(H,78,81)/b7-5-,13-11-,19-17-,25-23-,29-28-,32-31-,35-34-,38-37-,41-40-,58-56+,66-64+. The highest BCUT2D eigenvalue weighted by molar-refractivity contribution is 5.76. The SMILES string of the molecule is CC/C=C\C/C=C\C/C=C\C/C=C\C/C=C\C/C=C\C/C=C\C/C=C\C/C=C\CCCCCCCCCCCCCCCC(=O)NC(COC1OC(CO)C(O)C(O)C1O)C(O)/C=C/CC/C=C/CCCCCCCCCCCCCCCCCC. The molecule has 0 aromatic rings. The number of carbonyl (C=O) groups excluding carboxylic acids is 1. The van der Waals surface area contributed by atoms with Crippen molar-refractivity contribution in [3.8, 4) is 0 Å². The fourth-order valence-corrected chi connectivity index (χ4v) is 10.5. The van der Waals surface area contributed by atoms with Gasteiger partial charge in [-0.1, -0.05) is 314 Å². The van der Waals surface area contributed by atoms with Gasteiger partial charge in [-0.2, -0.15) is 0 Å². The third-order valence-corrected chi connectivity index (χ3v) is 16.0. The summed E-state index contributed by atoms with van der Waals surface area (Å²) in [5.74, 6) is -0.190. The number of hydrogen-bond acceptors (Lipinski definition) is 8. The van der Waals surface area contributed by atoms with Crippen LogP contribution in [0.2, 0.25) is 0 Å². The predicted molar refractivity (Wildman–Crippen MR) is 368 cm³/mol. The monoisotopic (exact) mass is 1200 g/mol. The van der Waals surface area contributed by atoms with Crippen LogP contribution in [0.15, 0.2) is 134 Å². The molecule has 1 aliphatic rings. The lowest BCUT2D eigenvalue weighted by atomic mass is 9.99. The van der Waals surface area contributed by atoms with Crippen LogP contribution in [0.1, 0.15) is 290 Å². The first-order valence-electron chi connectivity index (χ1n) is 35.4. The fraction of sp³-hybridized carbons (Fsp3) is 0.701. The van der Waals surface area contributed by atoms with Gasteiger partial charge in [0, 0.05) is 6.42 Å². The van der Waals surface area contributed by atoms with Crippen LogP contribution in [0.5, 0.6) is 0 Å². The summed E-state index contributed by atoms with van der Waals surface area (Å²) in [6.07, 6.45) is 91.2. The molecule has 0 radical (unpaired) electrons. The van der Waals surface area contributed by atoms with Gasteiger partial charge in [-0.3, -0.25) is 4.79 Å². The van der Waals surface area contributed by atoms with Gasteiger partial charge in [0.15, 0.2) is 6.29 Å². The van der Waals surface area contributed by atoms with E-state index in [2.05, 4.69) is 141 Å². The van der Waals surface area contributed by atoms with Gasteiger partial charge in [-0.15, -0.1) is 0 Å². The molecule has 7 atom stereocenters. The number of amides is 1. The highest BCUT2D eigenvalue weighted by atomic mass is 16.7. The van der Waals surface area contributed by atoms with Gasteiger partial charge in [0.2, 0.25) is 5.91 Å². The molecular formula is C77H131NO8. The zero-order chi connectivity index (χ0) is 62.1. The number of aliphatic hydroxyl groups excluding tert-OH is 5. The predicted octanol–water partition coefficient (Wildman–Crippen LogP) is 19.6. The van der Waals surface area contributed by atoms with E-state index in [1.165, 1.54) is 173 Å². The summed E-state index contributed by atoms with van der Waals surface area (Å²) >= 11 is 0. The van der Waals surface area contributed by atoms with Crippen molar-refractivity contribution < 1.29 is 39.8 Å². The molecule has 0 aliphatic carbocycles. The van der Waals surface area contributed by atoms with E-state index in [1.54, 1.807) is 6.08 Å². The minimum atomic E-state index is -1.58. The molecule has 0 aromatic heterocycles. The van der Waals surface area contributed by atoms with Crippen molar-refractivity contribution in [2.24, 2.45) is 0 Å². The maximum atomic E-state index is 13.1. The molecule has 0 spiro atoms. The van der Waals surface area contributed by atoms with E-state index in [0.29, 0.717) is 6.42 Å². The summed E-state index contributed by atoms with van der Waals surface area (Å²) in [5, 5.41) is 54.7. The van der Waals surface area contributed by atoms with Gasteiger partial charge in [0.25, 0.3) is 0 Å². The van der Waals surface area contributed by atoms with Gasteiger partial charge in [0.05, 0.1) is 25.4 Å². The third-order valence-electron chi connectivity index (χ3n) is 16.0. The van der Waals surface area contributed by atoms with Crippen molar-refractivity contribution >= 4 is 5.91 Å². The Labute approximate surface area is 528 Å². The normalized spacial score (nSPS) is 18.9. The quantitative estimate of drug-likeness (QED) is 0.0261. The van der Waals surface area contributed by atoms with Crippen LogP contribution in [-0.2, 0) is 14.3 Å². The molecule has 1 saturated heterocycles. The van der Waals surface area contributed by atoms with Crippen LogP contribution in [0.3, 0.4) is 0 Å². The molecule has 1 aliphatic heterocycles. The Morgan fingerprint density at radius 1 is 0.407 bits per heavy atom. The van der Waals surface area contributed by atoms with Gasteiger partial charge < -0.3 is 40.3 Å². The van der Waals surface area contributed by atoms with E-state index < -0.39 is 49.5 Å². The Balaban J connectivity index is 2.14. The largest absolute Gasteiger partial charge is 0.394 e. The van der Waals surface area contributed by atoms with Crippen LogP contribution < -0.4 is 5.32 Å². The van der Waals surface area contributed by atoms with E-state index in [4.69, 9.17) is 9.47 Å². The van der Waals surface area contributed by atoms with E-state index in [0.717, 1.165) is 96.3 Å². The van der Waals surface area contributed by atoms with Crippen LogP contribution in [0.4, 0.5) is 0 Å². The zero-order valence-electron chi connectivity index (χ0n) is 55.0. The van der Waals surface area contributed by atoms with Crippen LogP contribution in [0, 0.1) is 0 Å². The second kappa shape index (κ2) is 64.3. The maximum absolute atomic E-state index is 13.1. The molecular weight excluding hydrogens is 1070 g/mol. The zero-order valence-corrected chi connectivity index (χ0v) is 55.0. The molecule has 492 valence electrons. The summed E-state index contributed by atoms with van der Waals surface area (Å²) in [6.45, 7) is 3.67. The molecule has 1 heterocycles. The second-order valence-corrected chi connectivity index (χ2v) is 23.9. The number of nitrogens with one attached hydrogen (secondary N) is 1. The van der Waals surface area contributed by atoms with Crippen molar-refractivity contribution in [2.75, 3.05) is 13.2 Å². The smallest absolute Gasteiger partial charge is 0.220 e. The average Bonchev–Trinajstić information content (AvgIpc) is 2.36. The van der Waals surface area contributed by atoms with E-state index in [9.17, 15) is 30.3 Å². The lowest BCUT2D eigenvalue weighted by Crippen LogP contribution is -2.60. The molecule has 86 heavy (non-hydrogen) atoms. The Bertz CT molecular complexity index is 1820. The van der Waals surface area contributed by atoms with Crippen molar-refractivity contribution in [1.29, 1.82) is 0 Å². The summed E-state index contributed by atoms with van der Waals surface area (Å²) in [4.78, 5) is 13.1. The molecule has 1 amide bonds. The first-order valence-corrected chi connectivity index (χ1v) is 35.4. The fourth-order valence-electron chi connectivity index (χ4n) is 10.5. The lowest BCUT2D eigenvalue weighted by Gasteiger charge is -2.40. The Morgan fingerprint density at radius 2 is 0.733 bits per heavy atom. The molecule has 7 unspecified atom stereocenters. The summed E-state index contributed by atoms with van der Waals surface area (Å²) < 4.78 is 11.3. The van der Waals surface area contributed by atoms with Crippen molar-refractivity contribution in [3.05, 3.63) is 134 Å². The lowest BCUT2D eigenvalue weighted by molar-refractivity contribution is -0.302. The minimum Gasteiger partial charge on any atom is -0.394 e. The van der Waals surface area contributed by atoms with Crippen molar-refractivity contribution in [3.63, 3.8) is 0 Å². The summed E-state index contributed by atoms with van der Waals surface area (Å²) in [5.41, 5.74) is 0. The van der Waals surface area contributed by atoms with Gasteiger partial charge >= 0.3 is 0 Å². The number of carbonyl (C=O) groups is 1. The highest BCUT2D eigenvalue weighted by Crippen LogP contribution is 2.23. The van der Waals surface area contributed by atoms with E-state index in [-0.39, 0.29) is 12.5 Å². The first-order chi connectivity index (χ1) is 42.3. The molecule has 1 rings (SSSR count). The third kappa shape index (κ3) is 52.3. The van der Waals surface area contributed by atoms with Crippen molar-refractivity contribution in [2.45, 2.75) is 333 Å². The molecule has 0 bridgehead atoms. The van der Waals surface area contributed by atoms with Crippen LogP contribution in [-0.4, -0.2) is 87.5 Å². The maximum Gasteiger partial charge on any atom is 0.220 e. The van der Waals surface area contributed by atoms with Crippen molar-refractivity contribution in [1.82, 2.24) is 5.32 Å². The number of allylic oxidation sites excluding steroid dienone is 21. The van der Waals surface area contributed by atoms with E-state index in [1.807, 2.05) is 6.08 Å². The average molecular weight is 1200 g/mol. The molecule has 9 heteroatoms. The number of unbranched alkanes of at least 4 members (excludes halogenated alkanes) is 30. The summed E-state index contributed by atoms with van der Waals surface area (Å²) in [7, 11) is 0. The number of rotatable bonds is 60. The molecule has 0 aromatic carbocycles. The van der Waals surface area contributed by atoms with Gasteiger partial charge in [-0.25, -0.2) is 0 Å². The number of aliphatic hydroxyl groups is 5. The summed E-state index contributed by atoms with van der Waals surface area (Å²) in [6, 6.07) is -0.831. The van der Waals surface area contributed by atoms with Gasteiger partial charge in [-0.05, 0) is 103 Å².